The number of nitrogens with zero attached hydrogens (tertiary/aromatic N) is 3. The summed E-state index contributed by atoms with van der Waals surface area (Å²) in [7, 11) is 0. The monoisotopic (exact) mass is 367 g/mol. The van der Waals surface area contributed by atoms with Crippen LogP contribution >= 0.6 is 0 Å². The maximum atomic E-state index is 11.7. The fourth-order valence-electron chi connectivity index (χ4n) is 2.74. The molecule has 0 unspecified atom stereocenters. The molecule has 2 aromatic heterocycles. The van der Waals surface area contributed by atoms with E-state index in [-0.39, 0.29) is 34.6 Å². The van der Waals surface area contributed by atoms with Crippen LogP contribution in [-0.2, 0) is 9.59 Å². The van der Waals surface area contributed by atoms with Crippen molar-refractivity contribution in [2.24, 2.45) is 10.4 Å². The maximum Gasteiger partial charge on any atom is 0.336 e. The highest BCUT2D eigenvalue weighted by Crippen LogP contribution is 2.36. The largest absolute Gasteiger partial charge is 0.480 e. The zero-order valence-corrected chi connectivity index (χ0v) is 13.7. The van der Waals surface area contributed by atoms with Gasteiger partial charge in [-0.2, -0.15) is 0 Å². The minimum absolute atomic E-state index is 0.0384. The Kier molecular flexibility index (Phi) is 4.51. The maximum absolute atomic E-state index is 11.7. The summed E-state index contributed by atoms with van der Waals surface area (Å²) in [5.74, 6) is -4.33. The van der Waals surface area contributed by atoms with E-state index < -0.39 is 23.3 Å². The van der Waals surface area contributed by atoms with E-state index in [1.807, 2.05) is 0 Å². The standard InChI is InChI=1S/C18H13N3O6/c22-15(23)10-4-7-21-14(13(10)11-3-1-2-6-19-11)12-9-18(16(24)25,17(26)27)5-8-20-12/h1-4,6-9H,5H2,(H,22,23)(H,24,25)(H,26,27). The predicted octanol–water partition coefficient (Wildman–Crippen LogP) is 1.81. The van der Waals surface area contributed by atoms with Crippen LogP contribution < -0.4 is 0 Å². The molecule has 0 atom stereocenters. The molecule has 0 spiro atoms. The van der Waals surface area contributed by atoms with Crippen LogP contribution in [-0.4, -0.2) is 49.4 Å². The summed E-state index contributed by atoms with van der Waals surface area (Å²) < 4.78 is 0. The molecule has 2 aromatic rings. The van der Waals surface area contributed by atoms with Crippen LogP contribution in [0.3, 0.4) is 0 Å². The van der Waals surface area contributed by atoms with Gasteiger partial charge >= 0.3 is 17.9 Å². The lowest BCUT2D eigenvalue weighted by Crippen LogP contribution is -2.39. The van der Waals surface area contributed by atoms with Crippen molar-refractivity contribution in [1.82, 2.24) is 9.97 Å². The molecule has 0 amide bonds. The van der Waals surface area contributed by atoms with Gasteiger partial charge in [-0.3, -0.25) is 24.5 Å². The number of carbonyl (C=O) groups is 3. The summed E-state index contributed by atoms with van der Waals surface area (Å²) in [6.07, 6.45) is 4.53. The Balaban J connectivity index is 2.29. The number of pyridine rings is 2. The van der Waals surface area contributed by atoms with E-state index in [9.17, 15) is 29.7 Å². The number of rotatable bonds is 5. The average molecular weight is 367 g/mol. The second kappa shape index (κ2) is 6.79. The van der Waals surface area contributed by atoms with Crippen LogP contribution in [0, 0.1) is 5.41 Å². The van der Waals surface area contributed by atoms with Crippen molar-refractivity contribution in [2.75, 3.05) is 0 Å². The molecule has 27 heavy (non-hydrogen) atoms. The Morgan fingerprint density at radius 3 is 2.30 bits per heavy atom. The van der Waals surface area contributed by atoms with Gasteiger partial charge in [0.2, 0.25) is 0 Å². The van der Waals surface area contributed by atoms with E-state index >= 15 is 0 Å². The van der Waals surface area contributed by atoms with E-state index in [1.165, 1.54) is 24.7 Å². The third-order valence-electron chi connectivity index (χ3n) is 4.14. The summed E-state index contributed by atoms with van der Waals surface area (Å²) >= 11 is 0. The number of hydrogen-bond donors (Lipinski definition) is 3. The summed E-state index contributed by atoms with van der Waals surface area (Å²) in [5, 5.41) is 28.4. The molecule has 1 aliphatic rings. The summed E-state index contributed by atoms with van der Waals surface area (Å²) in [6.45, 7) is 0. The van der Waals surface area contributed by atoms with Crippen molar-refractivity contribution in [1.29, 1.82) is 0 Å². The molecule has 136 valence electrons. The van der Waals surface area contributed by atoms with Crippen LogP contribution in [0.25, 0.3) is 17.0 Å². The van der Waals surface area contributed by atoms with Crippen LogP contribution in [0.4, 0.5) is 0 Å². The van der Waals surface area contributed by atoms with Crippen LogP contribution in [0.5, 0.6) is 0 Å². The minimum atomic E-state index is -2.21. The third kappa shape index (κ3) is 3.06. The number of aromatic carboxylic acids is 1. The normalized spacial score (nSPS) is 15.0. The Morgan fingerprint density at radius 2 is 1.70 bits per heavy atom. The lowest BCUT2D eigenvalue weighted by molar-refractivity contribution is -0.160. The molecule has 3 rings (SSSR count). The molecule has 0 aliphatic carbocycles. The van der Waals surface area contributed by atoms with Gasteiger partial charge in [0.05, 0.1) is 22.6 Å². The van der Waals surface area contributed by atoms with E-state index in [1.54, 1.807) is 18.2 Å². The fraction of sp³-hybridized carbons (Fsp3) is 0.111. The zero-order valence-electron chi connectivity index (χ0n) is 13.7. The predicted molar refractivity (Wildman–Crippen MR) is 93.2 cm³/mol. The number of aliphatic imine (C=N–C) groups is 1. The van der Waals surface area contributed by atoms with Gasteiger partial charge < -0.3 is 15.3 Å². The Labute approximate surface area is 152 Å². The second-order valence-corrected chi connectivity index (χ2v) is 5.73. The highest BCUT2D eigenvalue weighted by Gasteiger charge is 2.46. The van der Waals surface area contributed by atoms with E-state index in [4.69, 9.17) is 0 Å². The van der Waals surface area contributed by atoms with Crippen molar-refractivity contribution in [2.45, 2.75) is 6.42 Å². The van der Waals surface area contributed by atoms with E-state index in [0.29, 0.717) is 0 Å². The number of aliphatic carboxylic acids is 2. The number of hydrogen-bond acceptors (Lipinski definition) is 6. The molecule has 0 fully saturated rings. The SMILES string of the molecule is O=C(O)c1ccnc(C2=CC(C(=O)O)(C(=O)O)CC=N2)c1-c1ccccn1. The van der Waals surface area contributed by atoms with Crippen LogP contribution in [0.2, 0.25) is 0 Å². The molecular weight excluding hydrogens is 354 g/mol. The zero-order chi connectivity index (χ0) is 19.6. The van der Waals surface area contributed by atoms with Gasteiger partial charge in [0.15, 0.2) is 5.41 Å². The first-order valence-corrected chi connectivity index (χ1v) is 7.73. The van der Waals surface area contributed by atoms with E-state index in [0.717, 1.165) is 6.08 Å². The molecule has 0 bridgehead atoms. The highest BCUT2D eigenvalue weighted by molar-refractivity contribution is 6.06. The summed E-state index contributed by atoms with van der Waals surface area (Å²) in [4.78, 5) is 47.2. The Morgan fingerprint density at radius 1 is 0.963 bits per heavy atom. The number of aromatic nitrogens is 2. The third-order valence-corrected chi connectivity index (χ3v) is 4.14. The van der Waals surface area contributed by atoms with Gasteiger partial charge in [-0.15, -0.1) is 0 Å². The quantitative estimate of drug-likeness (QED) is 0.677. The summed E-state index contributed by atoms with van der Waals surface area (Å²) in [6, 6.07) is 6.16. The van der Waals surface area contributed by atoms with Crippen molar-refractivity contribution in [3.8, 4) is 11.3 Å². The van der Waals surface area contributed by atoms with Gasteiger partial charge in [0.25, 0.3) is 0 Å². The molecule has 9 nitrogen and oxygen atoms in total. The van der Waals surface area contributed by atoms with Gasteiger partial charge in [-0.25, -0.2) is 4.79 Å². The molecule has 3 heterocycles. The van der Waals surface area contributed by atoms with Gasteiger partial charge in [-0.05, 0) is 24.3 Å². The molecule has 0 aromatic carbocycles. The van der Waals surface area contributed by atoms with Crippen molar-refractivity contribution in [3.05, 3.63) is 54.0 Å². The van der Waals surface area contributed by atoms with Crippen molar-refractivity contribution < 1.29 is 29.7 Å². The molecule has 0 saturated carbocycles. The molecule has 0 radical (unpaired) electrons. The first-order chi connectivity index (χ1) is 12.9. The average Bonchev–Trinajstić information content (AvgIpc) is 2.67. The molecular formula is C18H13N3O6. The Hall–Kier alpha value is -3.88. The van der Waals surface area contributed by atoms with Crippen LogP contribution in [0.1, 0.15) is 22.5 Å². The van der Waals surface area contributed by atoms with E-state index in [2.05, 4.69) is 15.0 Å². The topological polar surface area (TPSA) is 150 Å². The Bertz CT molecular complexity index is 983. The minimum Gasteiger partial charge on any atom is -0.480 e. The first-order valence-electron chi connectivity index (χ1n) is 7.73. The molecule has 0 saturated heterocycles. The van der Waals surface area contributed by atoms with Crippen molar-refractivity contribution >= 4 is 29.8 Å². The fourth-order valence-corrected chi connectivity index (χ4v) is 2.74. The van der Waals surface area contributed by atoms with Gasteiger partial charge in [-0.1, -0.05) is 6.07 Å². The lowest BCUT2D eigenvalue weighted by atomic mass is 9.81. The van der Waals surface area contributed by atoms with Gasteiger partial charge in [0, 0.05) is 30.6 Å². The van der Waals surface area contributed by atoms with Gasteiger partial charge in [0.1, 0.15) is 0 Å². The molecule has 3 N–H and O–H groups in total. The smallest absolute Gasteiger partial charge is 0.336 e. The lowest BCUT2D eigenvalue weighted by Gasteiger charge is -2.23. The van der Waals surface area contributed by atoms with Crippen LogP contribution in [0.15, 0.2) is 47.7 Å². The first kappa shape index (κ1) is 17.9. The molecule has 1 aliphatic heterocycles. The number of carboxylic acids is 3. The molecule has 9 heteroatoms. The number of carboxylic acid groups (broad SMARTS) is 3. The van der Waals surface area contributed by atoms with Crippen molar-refractivity contribution in [3.63, 3.8) is 0 Å². The second-order valence-electron chi connectivity index (χ2n) is 5.73. The summed E-state index contributed by atoms with van der Waals surface area (Å²) in [5.41, 5.74) is -1.92. The highest BCUT2D eigenvalue weighted by atomic mass is 16.4.